The highest BCUT2D eigenvalue weighted by Gasteiger charge is 2.27. The smallest absolute Gasteiger partial charge is 0.258 e. The maximum atomic E-state index is 12.7. The molecule has 1 aromatic rings. The molecule has 0 atom stereocenters. The van der Waals surface area contributed by atoms with E-state index in [1.807, 2.05) is 13.8 Å². The Morgan fingerprint density at radius 2 is 1.80 bits per heavy atom. The highest BCUT2D eigenvalue weighted by atomic mass is 32.2. The van der Waals surface area contributed by atoms with E-state index < -0.39 is 22.5 Å². The topological polar surface area (TPSA) is 125 Å². The number of sulfonamides is 1. The molecule has 0 aromatic heterocycles. The number of carbonyl (C=O) groups is 2. The van der Waals surface area contributed by atoms with Gasteiger partial charge in [-0.25, -0.2) is 13.9 Å². The number of nitrogens with one attached hydrogen (secondary N) is 2. The van der Waals surface area contributed by atoms with Gasteiger partial charge in [0.05, 0.1) is 11.4 Å². The fourth-order valence-corrected chi connectivity index (χ4v) is 3.49. The highest BCUT2D eigenvalue weighted by molar-refractivity contribution is 7.89. The van der Waals surface area contributed by atoms with Crippen LogP contribution in [-0.4, -0.2) is 56.5 Å². The van der Waals surface area contributed by atoms with Crippen LogP contribution in [0, 0.1) is 5.92 Å². The van der Waals surface area contributed by atoms with Crippen LogP contribution in [0.4, 0.5) is 0 Å². The van der Waals surface area contributed by atoms with Crippen LogP contribution in [0.1, 0.15) is 13.8 Å². The van der Waals surface area contributed by atoms with E-state index >= 15 is 0 Å². The normalized spacial score (nSPS) is 11.4. The lowest BCUT2D eigenvalue weighted by atomic mass is 10.2. The zero-order chi connectivity index (χ0) is 19.0. The summed E-state index contributed by atoms with van der Waals surface area (Å²) in [6, 6.07) is 5.52. The van der Waals surface area contributed by atoms with Crippen LogP contribution < -0.4 is 15.5 Å². The third-order valence-electron chi connectivity index (χ3n) is 3.12. The maximum absolute atomic E-state index is 12.7. The van der Waals surface area contributed by atoms with E-state index in [2.05, 4.69) is 5.32 Å². The van der Waals surface area contributed by atoms with Gasteiger partial charge in [-0.1, -0.05) is 13.8 Å². The number of carbonyl (C=O) groups excluding carboxylic acids is 2. The van der Waals surface area contributed by atoms with Gasteiger partial charge in [-0.3, -0.25) is 14.8 Å². The molecule has 3 N–H and O–H groups in total. The predicted molar refractivity (Wildman–Crippen MR) is 89.5 cm³/mol. The number of benzene rings is 1. The third-order valence-corrected chi connectivity index (χ3v) is 4.95. The average molecular weight is 373 g/mol. The molecule has 0 aliphatic carbocycles. The molecule has 10 heteroatoms. The predicted octanol–water partition coefficient (Wildman–Crippen LogP) is -0.0365. The molecule has 0 aliphatic rings. The summed E-state index contributed by atoms with van der Waals surface area (Å²) in [5, 5.41) is 11.0. The Morgan fingerprint density at radius 3 is 2.28 bits per heavy atom. The lowest BCUT2D eigenvalue weighted by Gasteiger charge is -2.23. The molecule has 0 heterocycles. The van der Waals surface area contributed by atoms with Gasteiger partial charge < -0.3 is 10.1 Å². The SMILES string of the molecule is CNC(=O)COc1ccc(S(=O)(=O)N(CC(=O)NO)CC(C)C)cc1. The zero-order valence-corrected chi connectivity index (χ0v) is 15.2. The van der Waals surface area contributed by atoms with Crippen LogP contribution >= 0.6 is 0 Å². The number of hydrogen-bond donors (Lipinski definition) is 3. The summed E-state index contributed by atoms with van der Waals surface area (Å²) in [7, 11) is -2.45. The summed E-state index contributed by atoms with van der Waals surface area (Å²) in [5.41, 5.74) is 1.43. The Hall–Kier alpha value is -2.17. The minimum atomic E-state index is -3.93. The highest BCUT2D eigenvalue weighted by Crippen LogP contribution is 2.20. The van der Waals surface area contributed by atoms with Gasteiger partial charge in [0, 0.05) is 13.6 Å². The minimum Gasteiger partial charge on any atom is -0.484 e. The van der Waals surface area contributed by atoms with Crippen molar-refractivity contribution in [1.82, 2.24) is 15.1 Å². The van der Waals surface area contributed by atoms with E-state index in [4.69, 9.17) is 9.94 Å². The molecule has 0 saturated heterocycles. The molecule has 0 aliphatic heterocycles. The first-order valence-corrected chi connectivity index (χ1v) is 9.01. The fraction of sp³-hybridized carbons (Fsp3) is 0.467. The number of nitrogens with zero attached hydrogens (tertiary/aromatic N) is 1. The van der Waals surface area contributed by atoms with Crippen LogP contribution in [0.25, 0.3) is 0 Å². The third kappa shape index (κ3) is 6.33. The van der Waals surface area contributed by atoms with Crippen molar-refractivity contribution in [3.8, 4) is 5.75 Å². The van der Waals surface area contributed by atoms with Gasteiger partial charge in [0.1, 0.15) is 5.75 Å². The second-order valence-corrected chi connectivity index (χ2v) is 7.60. The molecular weight excluding hydrogens is 350 g/mol. The van der Waals surface area contributed by atoms with Gasteiger partial charge in [-0.2, -0.15) is 4.31 Å². The van der Waals surface area contributed by atoms with Crippen molar-refractivity contribution in [2.24, 2.45) is 5.92 Å². The zero-order valence-electron chi connectivity index (χ0n) is 14.4. The molecule has 2 amide bonds. The summed E-state index contributed by atoms with van der Waals surface area (Å²) < 4.78 is 31.6. The molecule has 0 spiro atoms. The number of amides is 2. The van der Waals surface area contributed by atoms with Gasteiger partial charge in [0.2, 0.25) is 10.0 Å². The van der Waals surface area contributed by atoms with E-state index in [9.17, 15) is 18.0 Å². The van der Waals surface area contributed by atoms with Crippen molar-refractivity contribution in [1.29, 1.82) is 0 Å². The molecule has 140 valence electrons. The Kier molecular flexibility index (Phi) is 7.81. The first-order chi connectivity index (χ1) is 11.7. The molecular formula is C15H23N3O6S. The lowest BCUT2D eigenvalue weighted by molar-refractivity contribution is -0.129. The van der Waals surface area contributed by atoms with E-state index in [0.717, 1.165) is 4.31 Å². The second-order valence-electron chi connectivity index (χ2n) is 5.66. The molecule has 1 rings (SSSR count). The molecule has 1 aromatic carbocycles. The fourth-order valence-electron chi connectivity index (χ4n) is 1.93. The van der Waals surface area contributed by atoms with E-state index in [-0.39, 0.29) is 29.9 Å². The lowest BCUT2D eigenvalue weighted by Crippen LogP contribution is -2.41. The van der Waals surface area contributed by atoms with Gasteiger partial charge in [0.25, 0.3) is 11.8 Å². The quantitative estimate of drug-likeness (QED) is 0.412. The number of likely N-dealkylation sites (N-methyl/N-ethyl adjacent to an activating group) is 1. The molecule has 25 heavy (non-hydrogen) atoms. The summed E-state index contributed by atoms with van der Waals surface area (Å²) in [5.74, 6) is -0.813. The number of rotatable bonds is 9. The largest absolute Gasteiger partial charge is 0.484 e. The molecule has 0 bridgehead atoms. The summed E-state index contributed by atoms with van der Waals surface area (Å²) in [4.78, 5) is 22.5. The Morgan fingerprint density at radius 1 is 1.20 bits per heavy atom. The van der Waals surface area contributed by atoms with Crippen LogP contribution in [0.2, 0.25) is 0 Å². The Labute approximate surface area is 147 Å². The van der Waals surface area contributed by atoms with Crippen molar-refractivity contribution in [3.05, 3.63) is 24.3 Å². The van der Waals surface area contributed by atoms with E-state index in [0.29, 0.717) is 5.75 Å². The Bertz CT molecular complexity index is 688. The van der Waals surface area contributed by atoms with Crippen molar-refractivity contribution in [3.63, 3.8) is 0 Å². The van der Waals surface area contributed by atoms with Crippen LogP contribution in [0.3, 0.4) is 0 Å². The number of hydrogen-bond acceptors (Lipinski definition) is 6. The molecule has 0 fully saturated rings. The maximum Gasteiger partial charge on any atom is 0.258 e. The van der Waals surface area contributed by atoms with Gasteiger partial charge >= 0.3 is 0 Å². The molecule has 9 nitrogen and oxygen atoms in total. The van der Waals surface area contributed by atoms with Crippen molar-refractivity contribution < 1.29 is 28.0 Å². The number of ether oxygens (including phenoxy) is 1. The average Bonchev–Trinajstić information content (AvgIpc) is 2.58. The molecule has 0 unspecified atom stereocenters. The van der Waals surface area contributed by atoms with Gasteiger partial charge in [-0.05, 0) is 30.2 Å². The Balaban J connectivity index is 2.96. The van der Waals surface area contributed by atoms with Crippen LogP contribution in [0.5, 0.6) is 5.75 Å². The molecule has 0 saturated carbocycles. The monoisotopic (exact) mass is 373 g/mol. The summed E-state index contributed by atoms with van der Waals surface area (Å²) >= 11 is 0. The standard InChI is InChI=1S/C15H23N3O6S/c1-11(2)8-18(9-14(19)17-21)25(22,23)13-6-4-12(5-7-13)24-10-15(20)16-3/h4-7,11,21H,8-10H2,1-3H3,(H,16,20)(H,17,19). The van der Waals surface area contributed by atoms with E-state index in [1.54, 1.807) is 0 Å². The number of hydroxylamine groups is 1. The summed E-state index contributed by atoms with van der Waals surface area (Å²) in [6.07, 6.45) is 0. The van der Waals surface area contributed by atoms with E-state index in [1.165, 1.54) is 36.8 Å². The van der Waals surface area contributed by atoms with Crippen molar-refractivity contribution in [2.45, 2.75) is 18.7 Å². The van der Waals surface area contributed by atoms with Gasteiger partial charge in [-0.15, -0.1) is 0 Å². The van der Waals surface area contributed by atoms with Crippen molar-refractivity contribution in [2.75, 3.05) is 26.7 Å². The van der Waals surface area contributed by atoms with Crippen molar-refractivity contribution >= 4 is 21.8 Å². The molecule has 0 radical (unpaired) electrons. The second kappa shape index (κ2) is 9.35. The van der Waals surface area contributed by atoms with Gasteiger partial charge in [0.15, 0.2) is 6.61 Å². The van der Waals surface area contributed by atoms with Crippen LogP contribution in [-0.2, 0) is 19.6 Å². The van der Waals surface area contributed by atoms with Crippen LogP contribution in [0.15, 0.2) is 29.2 Å². The summed E-state index contributed by atoms with van der Waals surface area (Å²) in [6.45, 7) is 3.07. The minimum absolute atomic E-state index is 0.0172. The first-order valence-electron chi connectivity index (χ1n) is 7.57. The first kappa shape index (κ1) is 20.9.